The summed E-state index contributed by atoms with van der Waals surface area (Å²) < 4.78 is 10.7. The zero-order chi connectivity index (χ0) is 22.0. The van der Waals surface area contributed by atoms with Gasteiger partial charge < -0.3 is 9.47 Å². The second-order valence-corrected chi connectivity index (χ2v) is 8.05. The molecule has 0 fully saturated rings. The van der Waals surface area contributed by atoms with Gasteiger partial charge in [-0.1, -0.05) is 100 Å². The van der Waals surface area contributed by atoms with Crippen LogP contribution in [0.15, 0.2) is 48.5 Å². The Morgan fingerprint density at radius 2 is 1.23 bits per heavy atom. The van der Waals surface area contributed by atoms with Crippen LogP contribution in [-0.2, 0) is 15.9 Å². The zero-order valence-electron chi connectivity index (χ0n) is 19.6. The van der Waals surface area contributed by atoms with E-state index in [1.54, 1.807) is 0 Å². The van der Waals surface area contributed by atoms with Gasteiger partial charge in [0.2, 0.25) is 0 Å². The Hall–Kier alpha value is -2.08. The predicted octanol–water partition coefficient (Wildman–Crippen LogP) is 7.44. The molecule has 2 aromatic carbocycles. The first-order chi connectivity index (χ1) is 15.3. The number of rotatable bonds is 15. The van der Waals surface area contributed by atoms with Crippen LogP contribution in [0.2, 0.25) is 0 Å². The van der Waals surface area contributed by atoms with E-state index in [1.807, 2.05) is 6.92 Å². The summed E-state index contributed by atoms with van der Waals surface area (Å²) in [6, 6.07) is 17.5. The summed E-state index contributed by atoms with van der Waals surface area (Å²) in [5.74, 6) is 6.21. The third kappa shape index (κ3) is 11.2. The fourth-order valence-electron chi connectivity index (χ4n) is 3.60. The third-order valence-corrected chi connectivity index (χ3v) is 5.47. The fraction of sp³-hybridized carbons (Fsp3) is 0.517. The molecule has 2 aromatic rings. The first kappa shape index (κ1) is 25.2. The Bertz CT molecular complexity index is 750. The summed E-state index contributed by atoms with van der Waals surface area (Å²) in [5.41, 5.74) is 4.96. The van der Waals surface area contributed by atoms with Crippen molar-refractivity contribution in [2.75, 3.05) is 26.4 Å². The molecule has 0 aliphatic carbocycles. The molecule has 0 spiro atoms. The van der Waals surface area contributed by atoms with Crippen molar-refractivity contribution in [2.45, 2.75) is 71.6 Å². The first-order valence-corrected chi connectivity index (χ1v) is 12.2. The minimum atomic E-state index is 0.440. The van der Waals surface area contributed by atoms with Gasteiger partial charge in [0.1, 0.15) is 6.61 Å². The van der Waals surface area contributed by atoms with Crippen LogP contribution in [0.1, 0.15) is 76.3 Å². The van der Waals surface area contributed by atoms with Crippen molar-refractivity contribution in [1.82, 2.24) is 0 Å². The van der Waals surface area contributed by atoms with E-state index >= 15 is 0 Å². The molecule has 31 heavy (non-hydrogen) atoms. The van der Waals surface area contributed by atoms with Crippen LogP contribution in [0.3, 0.4) is 0 Å². The summed E-state index contributed by atoms with van der Waals surface area (Å²) in [7, 11) is 0. The number of aryl methyl sites for hydroxylation is 1. The van der Waals surface area contributed by atoms with Gasteiger partial charge in [0.25, 0.3) is 0 Å². The van der Waals surface area contributed by atoms with Crippen molar-refractivity contribution in [3.63, 3.8) is 0 Å². The van der Waals surface area contributed by atoms with Gasteiger partial charge in [-0.2, -0.15) is 0 Å². The van der Waals surface area contributed by atoms with E-state index < -0.39 is 0 Å². The van der Waals surface area contributed by atoms with Gasteiger partial charge in [0, 0.05) is 12.2 Å². The largest absolute Gasteiger partial charge is 0.379 e. The molecular weight excluding hydrogens is 380 g/mol. The molecule has 0 unspecified atom stereocenters. The number of unbranched alkanes of at least 4 members (excludes halogenated alkanes) is 7. The lowest BCUT2D eigenvalue weighted by atomic mass is 10.00. The van der Waals surface area contributed by atoms with Gasteiger partial charge in [-0.05, 0) is 48.6 Å². The smallest absolute Gasteiger partial charge is 0.108 e. The molecule has 2 heteroatoms. The summed E-state index contributed by atoms with van der Waals surface area (Å²) >= 11 is 0. The second-order valence-electron chi connectivity index (χ2n) is 8.05. The molecule has 0 saturated heterocycles. The molecule has 0 bridgehead atoms. The quantitative estimate of drug-likeness (QED) is 0.220. The van der Waals surface area contributed by atoms with Crippen molar-refractivity contribution < 1.29 is 9.47 Å². The van der Waals surface area contributed by atoms with Gasteiger partial charge in [0.05, 0.1) is 13.2 Å². The molecular formula is C29H40O2. The normalized spacial score (nSPS) is 10.6. The number of benzene rings is 2. The van der Waals surface area contributed by atoms with Gasteiger partial charge in [-0.3, -0.25) is 0 Å². The van der Waals surface area contributed by atoms with E-state index in [2.05, 4.69) is 67.3 Å². The molecule has 0 N–H and O–H groups in total. The van der Waals surface area contributed by atoms with E-state index in [4.69, 9.17) is 9.47 Å². The minimum Gasteiger partial charge on any atom is -0.379 e. The topological polar surface area (TPSA) is 18.5 Å². The Labute approximate surface area is 190 Å². The molecule has 2 rings (SSSR count). The molecule has 168 valence electrons. The summed E-state index contributed by atoms with van der Waals surface area (Å²) in [6.07, 6.45) is 12.2. The van der Waals surface area contributed by atoms with Crippen LogP contribution in [0.25, 0.3) is 11.1 Å². The van der Waals surface area contributed by atoms with Crippen LogP contribution in [0.5, 0.6) is 0 Å². The first-order valence-electron chi connectivity index (χ1n) is 12.2. The molecule has 0 aliphatic heterocycles. The van der Waals surface area contributed by atoms with E-state index in [1.165, 1.54) is 74.5 Å². The van der Waals surface area contributed by atoms with Crippen LogP contribution in [-0.4, -0.2) is 26.4 Å². The van der Waals surface area contributed by atoms with Crippen molar-refractivity contribution in [3.8, 4) is 23.0 Å². The lowest BCUT2D eigenvalue weighted by Crippen LogP contribution is -2.03. The number of ether oxygens (including phenoxy) is 2. The second kappa shape index (κ2) is 16.6. The lowest BCUT2D eigenvalue weighted by Gasteiger charge is -2.06. The maximum Gasteiger partial charge on any atom is 0.108 e. The van der Waals surface area contributed by atoms with Crippen LogP contribution >= 0.6 is 0 Å². The average molecular weight is 421 g/mol. The van der Waals surface area contributed by atoms with Gasteiger partial charge >= 0.3 is 0 Å². The lowest BCUT2D eigenvalue weighted by molar-refractivity contribution is 0.0662. The predicted molar refractivity (Wildman–Crippen MR) is 132 cm³/mol. The third-order valence-electron chi connectivity index (χ3n) is 5.47. The maximum absolute atomic E-state index is 5.42. The van der Waals surface area contributed by atoms with Gasteiger partial charge in [-0.15, -0.1) is 0 Å². The standard InChI is InChI=1S/C29H40O2/c1-3-5-6-7-8-9-10-11-13-26-15-19-28(20-16-26)29-21-17-27(18-22-29)14-12-23-31-25-24-30-4-2/h15-22H,3-11,13,23-25H2,1-2H3. The van der Waals surface area contributed by atoms with Crippen LogP contribution in [0.4, 0.5) is 0 Å². The highest BCUT2D eigenvalue weighted by molar-refractivity contribution is 5.64. The molecule has 0 aliphatic rings. The van der Waals surface area contributed by atoms with Crippen molar-refractivity contribution >= 4 is 0 Å². The molecule has 0 radical (unpaired) electrons. The van der Waals surface area contributed by atoms with E-state index in [-0.39, 0.29) is 0 Å². The molecule has 0 amide bonds. The van der Waals surface area contributed by atoms with Crippen LogP contribution in [0, 0.1) is 11.8 Å². The summed E-state index contributed by atoms with van der Waals surface area (Å²) in [6.45, 7) is 6.65. The van der Waals surface area contributed by atoms with Crippen molar-refractivity contribution in [3.05, 3.63) is 59.7 Å². The highest BCUT2D eigenvalue weighted by atomic mass is 16.5. The Balaban J connectivity index is 1.69. The van der Waals surface area contributed by atoms with Crippen LogP contribution < -0.4 is 0 Å². The Kier molecular flexibility index (Phi) is 13.5. The molecule has 0 heterocycles. The maximum atomic E-state index is 5.42. The Morgan fingerprint density at radius 1 is 0.645 bits per heavy atom. The number of hydrogen-bond acceptors (Lipinski definition) is 2. The van der Waals surface area contributed by atoms with E-state index in [0.29, 0.717) is 19.8 Å². The molecule has 0 atom stereocenters. The fourth-order valence-corrected chi connectivity index (χ4v) is 3.60. The highest BCUT2D eigenvalue weighted by Gasteiger charge is 1.99. The molecule has 0 saturated carbocycles. The van der Waals surface area contributed by atoms with Crippen molar-refractivity contribution in [2.24, 2.45) is 0 Å². The monoisotopic (exact) mass is 420 g/mol. The van der Waals surface area contributed by atoms with Gasteiger partial charge in [-0.25, -0.2) is 0 Å². The average Bonchev–Trinajstić information content (AvgIpc) is 2.81. The summed E-state index contributed by atoms with van der Waals surface area (Å²) in [5, 5.41) is 0. The van der Waals surface area contributed by atoms with Gasteiger partial charge in [0.15, 0.2) is 0 Å². The highest BCUT2D eigenvalue weighted by Crippen LogP contribution is 2.21. The summed E-state index contributed by atoms with van der Waals surface area (Å²) in [4.78, 5) is 0. The van der Waals surface area contributed by atoms with Crippen molar-refractivity contribution in [1.29, 1.82) is 0 Å². The van der Waals surface area contributed by atoms with E-state index in [0.717, 1.165) is 12.2 Å². The zero-order valence-corrected chi connectivity index (χ0v) is 19.6. The SMILES string of the molecule is CCCCCCCCCCc1ccc(-c2ccc(C#CCOCCOCC)cc2)cc1. The molecule has 0 aromatic heterocycles. The molecule has 2 nitrogen and oxygen atoms in total. The number of hydrogen-bond donors (Lipinski definition) is 0. The Morgan fingerprint density at radius 3 is 1.87 bits per heavy atom. The minimum absolute atomic E-state index is 0.440. The van der Waals surface area contributed by atoms with E-state index in [9.17, 15) is 0 Å².